The van der Waals surface area contributed by atoms with E-state index in [2.05, 4.69) is 9.97 Å². The average molecular weight is 664 g/mol. The maximum Gasteiger partial charge on any atom is 0.341 e. The molecule has 0 fully saturated rings. The molecule has 248 valence electrons. The summed E-state index contributed by atoms with van der Waals surface area (Å²) in [4.78, 5) is 40.4. The topological polar surface area (TPSA) is 145 Å². The molecule has 0 unspecified atom stereocenters. The third kappa shape index (κ3) is 7.34. The lowest BCUT2D eigenvalue weighted by Crippen LogP contribution is -2.10. The number of hydrogen-bond acceptors (Lipinski definition) is 6. The van der Waals surface area contributed by atoms with E-state index in [0.29, 0.717) is 27.7 Å². The van der Waals surface area contributed by atoms with Crippen LogP contribution in [0.4, 0.5) is 8.78 Å². The summed E-state index contributed by atoms with van der Waals surface area (Å²) in [5, 5.41) is 19.6. The number of aryl methyl sites for hydroxylation is 4. The van der Waals surface area contributed by atoms with Crippen LogP contribution in [0.15, 0.2) is 82.6 Å². The van der Waals surface area contributed by atoms with Gasteiger partial charge in [-0.2, -0.15) is 5.26 Å². The lowest BCUT2D eigenvalue weighted by molar-refractivity contribution is -0.139. The number of hydrogen-bond donors (Lipinski definition) is 3. The molecule has 0 bridgehead atoms. The van der Waals surface area contributed by atoms with E-state index in [4.69, 9.17) is 19.8 Å². The normalized spacial score (nSPS) is 10.7. The lowest BCUT2D eigenvalue weighted by Gasteiger charge is -2.13. The molecule has 9 nitrogen and oxygen atoms in total. The number of carboxylic acids is 1. The van der Waals surface area contributed by atoms with Crippen LogP contribution in [0.25, 0.3) is 43.8 Å². The Bertz CT molecular complexity index is 2360. The van der Waals surface area contributed by atoms with Crippen molar-refractivity contribution in [2.75, 3.05) is 13.2 Å². The number of carbonyl (C=O) groups is 1. The number of halogens is 2. The van der Waals surface area contributed by atoms with Gasteiger partial charge < -0.3 is 24.5 Å². The summed E-state index contributed by atoms with van der Waals surface area (Å²) < 4.78 is 37.6. The molecular weight excluding hydrogens is 632 g/mol. The number of aromatic nitrogens is 2. The van der Waals surface area contributed by atoms with Gasteiger partial charge >= 0.3 is 5.97 Å². The van der Waals surface area contributed by atoms with Gasteiger partial charge in [-0.25, -0.2) is 13.6 Å². The minimum atomic E-state index is -1.10. The maximum absolute atomic E-state index is 13.6. The van der Waals surface area contributed by atoms with Crippen LogP contribution in [0, 0.1) is 50.7 Å². The number of aliphatic carboxylic acids is 1. The van der Waals surface area contributed by atoms with Gasteiger partial charge in [-0.15, -0.1) is 0 Å². The summed E-state index contributed by atoms with van der Waals surface area (Å²) in [6.45, 7) is 6.73. The molecular formula is C38H31F2N3O6. The summed E-state index contributed by atoms with van der Waals surface area (Å²) in [6, 6.07) is 17.7. The highest BCUT2D eigenvalue weighted by Crippen LogP contribution is 2.35. The van der Waals surface area contributed by atoms with Crippen LogP contribution in [0.1, 0.15) is 22.3 Å². The summed E-state index contributed by atoms with van der Waals surface area (Å²) in [5.41, 5.74) is 5.90. The van der Waals surface area contributed by atoms with E-state index in [0.717, 1.165) is 49.9 Å². The second-order valence-corrected chi connectivity index (χ2v) is 11.4. The van der Waals surface area contributed by atoms with Crippen molar-refractivity contribution in [3.05, 3.63) is 128 Å². The predicted octanol–water partition coefficient (Wildman–Crippen LogP) is 7.27. The predicted molar refractivity (Wildman–Crippen MR) is 183 cm³/mol. The van der Waals surface area contributed by atoms with Crippen molar-refractivity contribution in [3.63, 3.8) is 0 Å². The monoisotopic (exact) mass is 663 g/mol. The maximum atomic E-state index is 13.6. The highest BCUT2D eigenvalue weighted by atomic mass is 19.1. The van der Waals surface area contributed by atoms with E-state index in [1.54, 1.807) is 42.7 Å². The Labute approximate surface area is 279 Å². The summed E-state index contributed by atoms with van der Waals surface area (Å²) in [6.07, 6.45) is 3.25. The SMILES string of the molecule is Cc1cc(F)cc(C)c1-c1c[nH]c(=O)c2cc(OCC#N)ccc12.Cc1cc(F)cc(C)c1-c1c[nH]c(=O)c2cc(OCC(=O)O)ccc12. The first-order valence-electron chi connectivity index (χ1n) is 15.1. The number of rotatable bonds is 7. The molecule has 11 heteroatoms. The van der Waals surface area contributed by atoms with Crippen molar-refractivity contribution in [2.24, 2.45) is 0 Å². The Balaban J connectivity index is 0.000000191. The van der Waals surface area contributed by atoms with E-state index >= 15 is 0 Å². The average Bonchev–Trinajstić information content (AvgIpc) is 3.04. The van der Waals surface area contributed by atoms with Crippen LogP contribution in [-0.4, -0.2) is 34.3 Å². The molecule has 49 heavy (non-hydrogen) atoms. The van der Waals surface area contributed by atoms with Gasteiger partial charge in [0.1, 0.15) is 29.2 Å². The summed E-state index contributed by atoms with van der Waals surface area (Å²) in [5.74, 6) is -0.934. The van der Waals surface area contributed by atoms with Crippen molar-refractivity contribution in [3.8, 4) is 39.8 Å². The standard InChI is InChI=1S/C19H15FN2O2.C19H16FNO4/c1-11-7-13(20)8-12(2)18(11)17-10-22-19(23)16-9-14(24-6-5-21)3-4-15(16)17;1-10-5-12(20)6-11(2)18(10)16-8-21-19(24)15-7-13(3-4-14(15)16)25-9-17(22)23/h3-4,7-10H,6H2,1-2H3,(H,22,23);3-8H,9H2,1-2H3,(H,21,24)(H,22,23). The number of aromatic amines is 2. The van der Waals surface area contributed by atoms with Gasteiger partial charge in [0.2, 0.25) is 0 Å². The first-order valence-corrected chi connectivity index (χ1v) is 15.1. The Morgan fingerprint density at radius 2 is 1.10 bits per heavy atom. The van der Waals surface area contributed by atoms with Crippen LogP contribution in [0.5, 0.6) is 11.5 Å². The zero-order valence-electron chi connectivity index (χ0n) is 27.0. The molecule has 0 amide bonds. The molecule has 0 saturated carbocycles. The first-order chi connectivity index (χ1) is 23.4. The number of nitrogens with one attached hydrogen (secondary N) is 2. The minimum Gasteiger partial charge on any atom is -0.482 e. The van der Waals surface area contributed by atoms with E-state index in [-0.39, 0.29) is 29.4 Å². The number of carboxylic acid groups (broad SMARTS) is 1. The molecule has 0 aliphatic rings. The third-order valence-electron chi connectivity index (χ3n) is 7.95. The lowest BCUT2D eigenvalue weighted by atomic mass is 9.93. The quantitative estimate of drug-likeness (QED) is 0.163. The molecule has 2 aromatic heterocycles. The van der Waals surface area contributed by atoms with Crippen LogP contribution in [0.2, 0.25) is 0 Å². The molecule has 0 aliphatic heterocycles. The van der Waals surface area contributed by atoms with Gasteiger partial charge in [0, 0.05) is 23.5 Å². The Hall–Kier alpha value is -6.28. The van der Waals surface area contributed by atoms with Gasteiger partial charge in [-0.3, -0.25) is 9.59 Å². The fourth-order valence-electron chi connectivity index (χ4n) is 6.00. The number of H-pyrrole nitrogens is 2. The first kappa shape index (κ1) is 34.1. The molecule has 6 aromatic rings. The van der Waals surface area contributed by atoms with Crippen molar-refractivity contribution < 1.29 is 28.2 Å². The summed E-state index contributed by atoms with van der Waals surface area (Å²) in [7, 11) is 0. The number of ether oxygens (including phenoxy) is 2. The number of fused-ring (bicyclic) bond motifs is 2. The highest BCUT2D eigenvalue weighted by molar-refractivity contribution is 5.98. The molecule has 0 atom stereocenters. The van der Waals surface area contributed by atoms with E-state index < -0.39 is 12.6 Å². The van der Waals surface area contributed by atoms with Crippen LogP contribution >= 0.6 is 0 Å². The molecule has 0 spiro atoms. The second-order valence-electron chi connectivity index (χ2n) is 11.4. The van der Waals surface area contributed by atoms with Gasteiger partial charge in [-0.05, 0) is 133 Å². The molecule has 0 aliphatic carbocycles. The molecule has 0 radical (unpaired) electrons. The van der Waals surface area contributed by atoms with Crippen LogP contribution < -0.4 is 20.6 Å². The zero-order valence-corrected chi connectivity index (χ0v) is 27.0. The van der Waals surface area contributed by atoms with Gasteiger partial charge in [0.25, 0.3) is 11.1 Å². The Morgan fingerprint density at radius 1 is 0.694 bits per heavy atom. The fourth-order valence-corrected chi connectivity index (χ4v) is 6.00. The Kier molecular flexibility index (Phi) is 9.89. The van der Waals surface area contributed by atoms with Crippen molar-refractivity contribution >= 4 is 27.5 Å². The minimum absolute atomic E-state index is 0.0840. The zero-order chi connectivity index (χ0) is 35.4. The summed E-state index contributed by atoms with van der Waals surface area (Å²) >= 11 is 0. The Morgan fingerprint density at radius 3 is 1.49 bits per heavy atom. The fraction of sp³-hybridized carbons (Fsp3) is 0.158. The largest absolute Gasteiger partial charge is 0.482 e. The van der Waals surface area contributed by atoms with Gasteiger partial charge in [0.15, 0.2) is 13.2 Å². The molecule has 2 heterocycles. The number of pyridine rings is 2. The number of nitrogens with zero attached hydrogens (tertiary/aromatic N) is 1. The van der Waals surface area contributed by atoms with E-state index in [1.807, 2.05) is 33.8 Å². The smallest absolute Gasteiger partial charge is 0.341 e. The van der Waals surface area contributed by atoms with E-state index in [1.165, 1.54) is 30.3 Å². The van der Waals surface area contributed by atoms with Gasteiger partial charge in [0.05, 0.1) is 10.8 Å². The van der Waals surface area contributed by atoms with Crippen molar-refractivity contribution in [2.45, 2.75) is 27.7 Å². The van der Waals surface area contributed by atoms with E-state index in [9.17, 15) is 23.2 Å². The number of nitriles is 1. The van der Waals surface area contributed by atoms with Crippen molar-refractivity contribution in [1.82, 2.24) is 9.97 Å². The second kappa shape index (κ2) is 14.2. The number of benzene rings is 4. The highest BCUT2D eigenvalue weighted by Gasteiger charge is 2.15. The molecule has 0 saturated heterocycles. The van der Waals surface area contributed by atoms with Crippen molar-refractivity contribution in [1.29, 1.82) is 5.26 Å². The van der Waals surface area contributed by atoms with Crippen LogP contribution in [0.3, 0.4) is 0 Å². The molecule has 3 N–H and O–H groups in total. The molecule has 6 rings (SSSR count). The molecule has 4 aromatic carbocycles. The van der Waals surface area contributed by atoms with Gasteiger partial charge in [-0.1, -0.05) is 0 Å². The third-order valence-corrected chi connectivity index (χ3v) is 7.95. The van der Waals surface area contributed by atoms with Crippen LogP contribution in [-0.2, 0) is 4.79 Å².